The first-order chi connectivity index (χ1) is 13.3. The lowest BCUT2D eigenvalue weighted by Gasteiger charge is -2.29. The number of hydrogen-bond acceptors (Lipinski definition) is 2. The Hall–Kier alpha value is -2.04. The molecule has 0 saturated carbocycles. The first-order valence-corrected chi connectivity index (χ1v) is 10.1. The molecule has 2 rings (SSSR count). The molecule has 150 valence electrons. The number of aryl methyl sites for hydroxylation is 1. The molecular formula is C22H26Cl2N2O2. The van der Waals surface area contributed by atoms with Gasteiger partial charge >= 0.3 is 0 Å². The van der Waals surface area contributed by atoms with Gasteiger partial charge in [0.1, 0.15) is 6.04 Å². The van der Waals surface area contributed by atoms with Gasteiger partial charge in [-0.1, -0.05) is 53.5 Å². The van der Waals surface area contributed by atoms with E-state index in [-0.39, 0.29) is 24.3 Å². The highest BCUT2D eigenvalue weighted by Crippen LogP contribution is 2.19. The van der Waals surface area contributed by atoms with Crippen LogP contribution in [0.15, 0.2) is 48.5 Å². The molecule has 0 spiro atoms. The number of benzene rings is 2. The third-order valence-corrected chi connectivity index (χ3v) is 5.05. The van der Waals surface area contributed by atoms with E-state index in [1.54, 1.807) is 24.0 Å². The second kappa shape index (κ2) is 10.5. The summed E-state index contributed by atoms with van der Waals surface area (Å²) in [5.74, 6) is -0.267. The van der Waals surface area contributed by atoms with Crippen molar-refractivity contribution in [1.82, 2.24) is 10.2 Å². The predicted octanol–water partition coefficient (Wildman–Crippen LogP) is 4.87. The van der Waals surface area contributed by atoms with E-state index in [0.29, 0.717) is 23.0 Å². The Morgan fingerprint density at radius 3 is 2.25 bits per heavy atom. The average Bonchev–Trinajstić information content (AvgIpc) is 2.65. The molecule has 2 amide bonds. The molecule has 0 heterocycles. The van der Waals surface area contributed by atoms with Crippen LogP contribution in [0.1, 0.15) is 38.3 Å². The van der Waals surface area contributed by atoms with Gasteiger partial charge in [0.05, 0.1) is 0 Å². The summed E-state index contributed by atoms with van der Waals surface area (Å²) < 4.78 is 0. The van der Waals surface area contributed by atoms with E-state index in [1.165, 1.54) is 0 Å². The van der Waals surface area contributed by atoms with Crippen molar-refractivity contribution < 1.29 is 9.59 Å². The molecule has 0 radical (unpaired) electrons. The van der Waals surface area contributed by atoms with Crippen molar-refractivity contribution in [2.24, 2.45) is 0 Å². The third kappa shape index (κ3) is 6.54. The zero-order chi connectivity index (χ0) is 20.7. The molecule has 0 fully saturated rings. The fourth-order valence-corrected chi connectivity index (χ4v) is 3.22. The van der Waals surface area contributed by atoms with Crippen LogP contribution in [0.5, 0.6) is 0 Å². The van der Waals surface area contributed by atoms with Crippen LogP contribution in [0.2, 0.25) is 10.0 Å². The fourth-order valence-electron chi connectivity index (χ4n) is 2.86. The molecule has 6 heteroatoms. The van der Waals surface area contributed by atoms with Gasteiger partial charge in [0, 0.05) is 29.1 Å². The molecule has 28 heavy (non-hydrogen) atoms. The maximum absolute atomic E-state index is 13.0. The number of carbonyl (C=O) groups excluding carboxylic acids is 2. The Kier molecular flexibility index (Phi) is 8.34. The van der Waals surface area contributed by atoms with Crippen molar-refractivity contribution in [3.8, 4) is 0 Å². The van der Waals surface area contributed by atoms with Crippen LogP contribution in [-0.2, 0) is 22.6 Å². The minimum atomic E-state index is -0.586. The third-order valence-electron chi connectivity index (χ3n) is 4.43. The molecule has 0 aliphatic carbocycles. The molecule has 0 aliphatic heterocycles. The Morgan fingerprint density at radius 1 is 1.00 bits per heavy atom. The largest absolute Gasteiger partial charge is 0.352 e. The quantitative estimate of drug-likeness (QED) is 0.661. The highest BCUT2D eigenvalue weighted by molar-refractivity contribution is 6.31. The smallest absolute Gasteiger partial charge is 0.242 e. The number of hydrogen-bond donors (Lipinski definition) is 1. The van der Waals surface area contributed by atoms with E-state index < -0.39 is 6.04 Å². The SMILES string of the molecule is CC(C)NC(=O)[C@H](C)N(Cc1ccc(Cl)cc1)C(=O)CCc1ccccc1Cl. The highest BCUT2D eigenvalue weighted by Gasteiger charge is 2.26. The summed E-state index contributed by atoms with van der Waals surface area (Å²) in [6.45, 7) is 5.88. The second-order valence-electron chi connectivity index (χ2n) is 7.08. The topological polar surface area (TPSA) is 49.4 Å². The maximum atomic E-state index is 13.0. The van der Waals surface area contributed by atoms with E-state index in [0.717, 1.165) is 11.1 Å². The first kappa shape index (κ1) is 22.3. The zero-order valence-electron chi connectivity index (χ0n) is 16.4. The van der Waals surface area contributed by atoms with Gasteiger partial charge in [-0.2, -0.15) is 0 Å². The molecule has 2 aromatic rings. The van der Waals surface area contributed by atoms with Crippen molar-refractivity contribution >= 4 is 35.0 Å². The van der Waals surface area contributed by atoms with Crippen molar-refractivity contribution in [2.45, 2.75) is 52.2 Å². The molecule has 0 bridgehead atoms. The number of nitrogens with zero attached hydrogens (tertiary/aromatic N) is 1. The van der Waals surface area contributed by atoms with Crippen LogP contribution in [0.4, 0.5) is 0 Å². The minimum absolute atomic E-state index is 0.00515. The minimum Gasteiger partial charge on any atom is -0.352 e. The lowest BCUT2D eigenvalue weighted by molar-refractivity contribution is -0.140. The van der Waals surface area contributed by atoms with Crippen LogP contribution in [0, 0.1) is 0 Å². The van der Waals surface area contributed by atoms with Crippen molar-refractivity contribution in [1.29, 1.82) is 0 Å². The van der Waals surface area contributed by atoms with E-state index >= 15 is 0 Å². The highest BCUT2D eigenvalue weighted by atomic mass is 35.5. The van der Waals surface area contributed by atoms with Crippen LogP contribution in [-0.4, -0.2) is 28.8 Å². The summed E-state index contributed by atoms with van der Waals surface area (Å²) in [5, 5.41) is 4.15. The molecule has 0 saturated heterocycles. The Labute approximate surface area is 176 Å². The fraction of sp³-hybridized carbons (Fsp3) is 0.364. The molecule has 0 aromatic heterocycles. The number of halogens is 2. The molecule has 0 unspecified atom stereocenters. The van der Waals surface area contributed by atoms with Crippen LogP contribution < -0.4 is 5.32 Å². The second-order valence-corrected chi connectivity index (χ2v) is 7.92. The Morgan fingerprint density at radius 2 is 1.64 bits per heavy atom. The summed E-state index contributed by atoms with van der Waals surface area (Å²) in [5.41, 5.74) is 1.84. The van der Waals surface area contributed by atoms with Crippen LogP contribution >= 0.6 is 23.2 Å². The van der Waals surface area contributed by atoms with Crippen LogP contribution in [0.3, 0.4) is 0 Å². The first-order valence-electron chi connectivity index (χ1n) is 9.35. The van der Waals surface area contributed by atoms with Gasteiger partial charge in [0.2, 0.25) is 11.8 Å². The van der Waals surface area contributed by atoms with E-state index in [1.807, 2.05) is 50.2 Å². The van der Waals surface area contributed by atoms with E-state index in [2.05, 4.69) is 5.32 Å². The van der Waals surface area contributed by atoms with Gasteiger partial charge in [-0.3, -0.25) is 9.59 Å². The predicted molar refractivity (Wildman–Crippen MR) is 115 cm³/mol. The Bertz CT molecular complexity index is 806. The number of carbonyl (C=O) groups is 2. The standard InChI is InChI=1S/C22H26Cl2N2O2/c1-15(2)25-22(28)16(3)26(14-17-8-11-19(23)12-9-17)21(27)13-10-18-6-4-5-7-20(18)24/h4-9,11-12,15-16H,10,13-14H2,1-3H3,(H,25,28)/t16-/m0/s1. The van der Waals surface area contributed by atoms with Crippen molar-refractivity contribution in [3.05, 3.63) is 69.7 Å². The van der Waals surface area contributed by atoms with Gasteiger partial charge in [0.25, 0.3) is 0 Å². The number of rotatable bonds is 8. The van der Waals surface area contributed by atoms with Crippen LogP contribution in [0.25, 0.3) is 0 Å². The molecule has 1 atom stereocenters. The molecular weight excluding hydrogens is 395 g/mol. The summed E-state index contributed by atoms with van der Waals surface area (Å²) in [6.07, 6.45) is 0.796. The van der Waals surface area contributed by atoms with Gasteiger partial charge in [0.15, 0.2) is 0 Å². The maximum Gasteiger partial charge on any atom is 0.242 e. The summed E-state index contributed by atoms with van der Waals surface area (Å²) >= 11 is 12.2. The molecule has 2 aromatic carbocycles. The molecule has 1 N–H and O–H groups in total. The van der Waals surface area contributed by atoms with Gasteiger partial charge in [-0.25, -0.2) is 0 Å². The van der Waals surface area contributed by atoms with Gasteiger partial charge in [-0.05, 0) is 56.5 Å². The molecule has 4 nitrogen and oxygen atoms in total. The van der Waals surface area contributed by atoms with E-state index in [9.17, 15) is 9.59 Å². The monoisotopic (exact) mass is 420 g/mol. The summed E-state index contributed by atoms with van der Waals surface area (Å²) in [6, 6.07) is 14.2. The normalized spacial score (nSPS) is 11.9. The van der Waals surface area contributed by atoms with E-state index in [4.69, 9.17) is 23.2 Å². The zero-order valence-corrected chi connectivity index (χ0v) is 17.9. The average molecular weight is 421 g/mol. The summed E-state index contributed by atoms with van der Waals surface area (Å²) in [4.78, 5) is 27.1. The van der Waals surface area contributed by atoms with Crippen molar-refractivity contribution in [2.75, 3.05) is 0 Å². The van der Waals surface area contributed by atoms with Gasteiger partial charge in [-0.15, -0.1) is 0 Å². The number of nitrogens with one attached hydrogen (secondary N) is 1. The van der Waals surface area contributed by atoms with Crippen molar-refractivity contribution in [3.63, 3.8) is 0 Å². The summed E-state index contributed by atoms with van der Waals surface area (Å²) in [7, 11) is 0. The number of amides is 2. The lowest BCUT2D eigenvalue weighted by Crippen LogP contribution is -2.49. The Balaban J connectivity index is 2.15. The lowest BCUT2D eigenvalue weighted by atomic mass is 10.1. The van der Waals surface area contributed by atoms with Gasteiger partial charge < -0.3 is 10.2 Å². The molecule has 0 aliphatic rings.